The van der Waals surface area contributed by atoms with Crippen molar-refractivity contribution in [3.05, 3.63) is 66.1 Å². The summed E-state index contributed by atoms with van der Waals surface area (Å²) in [5, 5.41) is 0. The number of nitrogens with one attached hydrogen (secondary N) is 1. The van der Waals surface area contributed by atoms with Gasteiger partial charge < -0.3 is 14.6 Å². The molecule has 1 saturated heterocycles. The van der Waals surface area contributed by atoms with Crippen LogP contribution in [0.3, 0.4) is 0 Å². The molecule has 0 unspecified atom stereocenters. The maximum atomic E-state index is 12.5. The number of pyridine rings is 1. The van der Waals surface area contributed by atoms with E-state index in [2.05, 4.69) is 24.8 Å². The number of rotatable bonds is 7. The molecule has 0 saturated carbocycles. The average molecular weight is 526 g/mol. The SMILES string of the molecule is COc1cncnc1-c1ccc2nc(Cc3cc(CN4CCN(C(=O)CC(F)(F)F)CC4)ccn3)[nH]c2c1. The third-order valence-corrected chi connectivity index (χ3v) is 6.42. The highest BCUT2D eigenvalue weighted by molar-refractivity contribution is 5.82. The average Bonchev–Trinajstić information content (AvgIpc) is 3.29. The molecule has 0 spiro atoms. The van der Waals surface area contributed by atoms with Crippen molar-refractivity contribution in [2.24, 2.45) is 0 Å². The Morgan fingerprint density at radius 1 is 1.11 bits per heavy atom. The highest BCUT2D eigenvalue weighted by atomic mass is 19.4. The first kappa shape index (κ1) is 25.6. The standard InChI is InChI=1S/C26H26F3N7O2/c1-38-22-14-30-16-32-25(22)18-2-3-20-21(11-18)34-23(33-20)12-19-10-17(4-5-31-19)15-35-6-8-36(9-7-35)24(37)13-26(27,28)29/h2-5,10-11,14,16H,6-9,12-13,15H2,1H3,(H,33,34). The molecule has 0 atom stereocenters. The van der Waals surface area contributed by atoms with Gasteiger partial charge in [0.1, 0.15) is 24.3 Å². The van der Waals surface area contributed by atoms with E-state index in [1.807, 2.05) is 30.3 Å². The van der Waals surface area contributed by atoms with Crippen molar-refractivity contribution in [3.8, 4) is 17.0 Å². The van der Waals surface area contributed by atoms with Crippen LogP contribution in [0.5, 0.6) is 5.75 Å². The molecule has 9 nitrogen and oxygen atoms in total. The molecule has 198 valence electrons. The number of halogens is 3. The smallest absolute Gasteiger partial charge is 0.397 e. The second-order valence-corrected chi connectivity index (χ2v) is 9.14. The minimum absolute atomic E-state index is 0.286. The van der Waals surface area contributed by atoms with E-state index in [0.29, 0.717) is 37.5 Å². The molecule has 1 aliphatic rings. The normalized spacial score (nSPS) is 14.7. The first-order chi connectivity index (χ1) is 18.3. The summed E-state index contributed by atoms with van der Waals surface area (Å²) in [6.07, 6.45) is -0.527. The maximum absolute atomic E-state index is 12.5. The lowest BCUT2D eigenvalue weighted by Gasteiger charge is -2.35. The summed E-state index contributed by atoms with van der Waals surface area (Å²) in [6.45, 7) is 2.24. The molecule has 12 heteroatoms. The molecule has 1 aliphatic heterocycles. The zero-order valence-corrected chi connectivity index (χ0v) is 20.7. The highest BCUT2D eigenvalue weighted by Crippen LogP contribution is 2.29. The number of alkyl halides is 3. The summed E-state index contributed by atoms with van der Waals surface area (Å²) in [5.74, 6) is 0.493. The van der Waals surface area contributed by atoms with Gasteiger partial charge in [0.05, 0.1) is 24.3 Å². The van der Waals surface area contributed by atoms with Gasteiger partial charge in [-0.2, -0.15) is 13.2 Å². The quantitative estimate of drug-likeness (QED) is 0.394. The van der Waals surface area contributed by atoms with Crippen LogP contribution in [0.1, 0.15) is 23.5 Å². The number of H-pyrrole nitrogens is 1. The predicted molar refractivity (Wildman–Crippen MR) is 133 cm³/mol. The molecule has 5 rings (SSSR count). The van der Waals surface area contributed by atoms with E-state index >= 15 is 0 Å². The Labute approximate surface area is 216 Å². The fraction of sp³-hybridized carbons (Fsp3) is 0.346. The number of hydrogen-bond acceptors (Lipinski definition) is 7. The molecule has 0 aliphatic carbocycles. The number of methoxy groups -OCH3 is 1. The van der Waals surface area contributed by atoms with E-state index in [0.717, 1.165) is 33.7 Å². The highest BCUT2D eigenvalue weighted by Gasteiger charge is 2.34. The summed E-state index contributed by atoms with van der Waals surface area (Å²) < 4.78 is 42.9. The Morgan fingerprint density at radius 2 is 1.92 bits per heavy atom. The molecular formula is C26H26F3N7O2. The van der Waals surface area contributed by atoms with Crippen LogP contribution < -0.4 is 4.74 Å². The van der Waals surface area contributed by atoms with Crippen LogP contribution >= 0.6 is 0 Å². The van der Waals surface area contributed by atoms with Crippen LogP contribution in [-0.4, -0.2) is 80.1 Å². The summed E-state index contributed by atoms with van der Waals surface area (Å²) in [4.78, 5) is 36.1. The van der Waals surface area contributed by atoms with Crippen molar-refractivity contribution in [2.75, 3.05) is 33.3 Å². The van der Waals surface area contributed by atoms with Gasteiger partial charge in [-0.15, -0.1) is 0 Å². The van der Waals surface area contributed by atoms with Crippen LogP contribution in [0.2, 0.25) is 0 Å². The summed E-state index contributed by atoms with van der Waals surface area (Å²) in [6, 6.07) is 9.76. The number of carbonyl (C=O) groups excluding carboxylic acids is 1. The number of aromatic amines is 1. The summed E-state index contributed by atoms with van der Waals surface area (Å²) in [5.41, 5.74) is 5.16. The Kier molecular flexibility index (Phi) is 7.23. The number of piperazine rings is 1. The first-order valence-corrected chi connectivity index (χ1v) is 12.1. The maximum Gasteiger partial charge on any atom is 0.397 e. The van der Waals surface area contributed by atoms with Crippen molar-refractivity contribution >= 4 is 16.9 Å². The number of ether oxygens (including phenoxy) is 1. The predicted octanol–water partition coefficient (Wildman–Crippen LogP) is 3.61. The molecular weight excluding hydrogens is 499 g/mol. The van der Waals surface area contributed by atoms with Gasteiger partial charge in [0, 0.05) is 56.6 Å². The third kappa shape index (κ3) is 6.08. The minimum Gasteiger partial charge on any atom is -0.493 e. The molecule has 0 bridgehead atoms. The fourth-order valence-corrected chi connectivity index (χ4v) is 4.57. The second kappa shape index (κ2) is 10.7. The molecule has 4 aromatic rings. The van der Waals surface area contributed by atoms with Gasteiger partial charge in [-0.25, -0.2) is 15.0 Å². The summed E-state index contributed by atoms with van der Waals surface area (Å²) in [7, 11) is 1.58. The van der Waals surface area contributed by atoms with Crippen molar-refractivity contribution in [2.45, 2.75) is 25.6 Å². The van der Waals surface area contributed by atoms with Crippen molar-refractivity contribution in [3.63, 3.8) is 0 Å². The molecule has 1 amide bonds. The van der Waals surface area contributed by atoms with Gasteiger partial charge in [0.25, 0.3) is 0 Å². The van der Waals surface area contributed by atoms with Gasteiger partial charge in [-0.05, 0) is 29.8 Å². The monoisotopic (exact) mass is 525 g/mol. The number of amides is 1. The van der Waals surface area contributed by atoms with E-state index in [-0.39, 0.29) is 13.1 Å². The molecule has 3 aromatic heterocycles. The van der Waals surface area contributed by atoms with E-state index in [9.17, 15) is 18.0 Å². The number of fused-ring (bicyclic) bond motifs is 1. The van der Waals surface area contributed by atoms with E-state index in [4.69, 9.17) is 9.72 Å². The Bertz CT molecular complexity index is 1430. The number of aromatic nitrogens is 5. The second-order valence-electron chi connectivity index (χ2n) is 9.14. The zero-order valence-electron chi connectivity index (χ0n) is 20.7. The van der Waals surface area contributed by atoms with Gasteiger partial charge in [0.2, 0.25) is 5.91 Å². The van der Waals surface area contributed by atoms with E-state index in [1.54, 1.807) is 19.5 Å². The van der Waals surface area contributed by atoms with Gasteiger partial charge in [-0.1, -0.05) is 6.07 Å². The third-order valence-electron chi connectivity index (χ3n) is 6.42. The lowest BCUT2D eigenvalue weighted by molar-refractivity contribution is -0.162. The molecule has 0 radical (unpaired) electrons. The fourth-order valence-electron chi connectivity index (χ4n) is 4.57. The molecule has 38 heavy (non-hydrogen) atoms. The lowest BCUT2D eigenvalue weighted by Crippen LogP contribution is -2.49. The zero-order chi connectivity index (χ0) is 26.7. The molecule has 1 aromatic carbocycles. The van der Waals surface area contributed by atoms with Crippen LogP contribution in [0.4, 0.5) is 13.2 Å². The summed E-state index contributed by atoms with van der Waals surface area (Å²) >= 11 is 0. The van der Waals surface area contributed by atoms with Crippen LogP contribution in [0, 0.1) is 0 Å². The Balaban J connectivity index is 1.22. The molecule has 1 fully saturated rings. The van der Waals surface area contributed by atoms with Crippen molar-refractivity contribution in [1.82, 2.24) is 34.7 Å². The number of imidazole rings is 1. The lowest BCUT2D eigenvalue weighted by atomic mass is 10.1. The van der Waals surface area contributed by atoms with Gasteiger partial charge in [0.15, 0.2) is 5.75 Å². The van der Waals surface area contributed by atoms with Gasteiger partial charge in [-0.3, -0.25) is 14.7 Å². The Hall–Kier alpha value is -4.06. The molecule has 1 N–H and O–H groups in total. The topological polar surface area (TPSA) is 100 Å². The number of nitrogens with zero attached hydrogens (tertiary/aromatic N) is 6. The number of benzene rings is 1. The Morgan fingerprint density at radius 3 is 2.68 bits per heavy atom. The van der Waals surface area contributed by atoms with Crippen molar-refractivity contribution in [1.29, 1.82) is 0 Å². The van der Waals surface area contributed by atoms with Crippen LogP contribution in [-0.2, 0) is 17.8 Å². The number of carbonyl (C=O) groups is 1. The van der Waals surface area contributed by atoms with Crippen molar-refractivity contribution < 1.29 is 22.7 Å². The largest absolute Gasteiger partial charge is 0.493 e. The van der Waals surface area contributed by atoms with E-state index in [1.165, 1.54) is 11.2 Å². The first-order valence-electron chi connectivity index (χ1n) is 12.1. The van der Waals surface area contributed by atoms with Crippen LogP contribution in [0.15, 0.2) is 49.1 Å². The minimum atomic E-state index is -4.48. The molecule has 4 heterocycles. The van der Waals surface area contributed by atoms with Crippen LogP contribution in [0.25, 0.3) is 22.3 Å². The number of hydrogen-bond donors (Lipinski definition) is 1. The van der Waals surface area contributed by atoms with Gasteiger partial charge >= 0.3 is 6.18 Å². The van der Waals surface area contributed by atoms with E-state index < -0.39 is 18.5 Å².